The van der Waals surface area contributed by atoms with E-state index in [1.165, 1.54) is 0 Å². The Kier molecular flexibility index (Phi) is 5.38. The molecule has 150 valence electrons. The first kappa shape index (κ1) is 20.5. The Morgan fingerprint density at radius 2 is 1.89 bits per heavy atom. The molecule has 1 aliphatic rings. The van der Waals surface area contributed by atoms with E-state index >= 15 is 0 Å². The minimum absolute atomic E-state index is 0.110. The second-order valence-electron chi connectivity index (χ2n) is 7.01. The molecule has 7 nitrogen and oxygen atoms in total. The highest BCUT2D eigenvalue weighted by molar-refractivity contribution is 7.95. The Hall–Kier alpha value is -2.19. The number of sulfone groups is 1. The molecule has 0 N–H and O–H groups in total. The van der Waals surface area contributed by atoms with Crippen LogP contribution in [-0.4, -0.2) is 34.9 Å². The predicted octanol–water partition coefficient (Wildman–Crippen LogP) is 3.65. The Bertz CT molecular complexity index is 1070. The van der Waals surface area contributed by atoms with E-state index in [9.17, 15) is 18.5 Å². The van der Waals surface area contributed by atoms with Gasteiger partial charge in [-0.15, -0.1) is 0 Å². The van der Waals surface area contributed by atoms with Crippen LogP contribution in [0.2, 0.25) is 5.02 Å². The summed E-state index contributed by atoms with van der Waals surface area (Å²) in [5.74, 6) is -1.17. The molecular formula is C19H22ClN3O4S. The van der Waals surface area contributed by atoms with E-state index < -0.39 is 32.5 Å². The first-order chi connectivity index (χ1) is 13.1. The van der Waals surface area contributed by atoms with E-state index in [2.05, 4.69) is 5.10 Å². The van der Waals surface area contributed by atoms with Gasteiger partial charge in [0.2, 0.25) is 6.04 Å². The highest BCUT2D eigenvalue weighted by Gasteiger charge is 2.46. The maximum absolute atomic E-state index is 13.0. The van der Waals surface area contributed by atoms with Gasteiger partial charge in [0.25, 0.3) is 0 Å². The molecule has 2 aromatic rings. The van der Waals surface area contributed by atoms with Crippen molar-refractivity contribution in [3.8, 4) is 0 Å². The molecule has 1 aliphatic heterocycles. The van der Waals surface area contributed by atoms with E-state index in [-0.39, 0.29) is 10.5 Å². The van der Waals surface area contributed by atoms with Gasteiger partial charge in [0.05, 0.1) is 10.6 Å². The highest BCUT2D eigenvalue weighted by Crippen LogP contribution is 2.44. The Morgan fingerprint density at radius 1 is 1.29 bits per heavy atom. The summed E-state index contributed by atoms with van der Waals surface area (Å²) in [4.78, 5) is 11.0. The van der Waals surface area contributed by atoms with Gasteiger partial charge in [0.1, 0.15) is 5.75 Å². The van der Waals surface area contributed by atoms with Gasteiger partial charge in [0.15, 0.2) is 9.84 Å². The smallest absolute Gasteiger partial charge is 0.249 e. The molecule has 28 heavy (non-hydrogen) atoms. The molecular weight excluding hydrogens is 402 g/mol. The Balaban J connectivity index is 2.34. The number of benzene rings is 1. The largest absolute Gasteiger partial charge is 0.270 e. The van der Waals surface area contributed by atoms with Crippen molar-refractivity contribution in [3.63, 3.8) is 0 Å². The molecule has 0 saturated heterocycles. The maximum atomic E-state index is 13.0. The Labute approximate surface area is 169 Å². The van der Waals surface area contributed by atoms with Crippen LogP contribution in [0.3, 0.4) is 0 Å². The summed E-state index contributed by atoms with van der Waals surface area (Å²) >= 11 is 6.02. The lowest BCUT2D eigenvalue weighted by Gasteiger charge is -2.21. The van der Waals surface area contributed by atoms with Crippen LogP contribution in [0.1, 0.15) is 42.3 Å². The lowest BCUT2D eigenvalue weighted by atomic mass is 9.87. The molecule has 0 bridgehead atoms. The van der Waals surface area contributed by atoms with Crippen molar-refractivity contribution >= 4 is 21.4 Å². The number of halogens is 1. The van der Waals surface area contributed by atoms with Crippen LogP contribution in [0.5, 0.6) is 0 Å². The number of hydrogen-bond donors (Lipinski definition) is 0. The van der Waals surface area contributed by atoms with Crippen LogP contribution in [0, 0.1) is 24.0 Å². The number of nitrogens with zero attached hydrogens (tertiary/aromatic N) is 3. The minimum Gasteiger partial charge on any atom is -0.270 e. The average molecular weight is 424 g/mol. The molecule has 0 saturated carbocycles. The molecule has 2 atom stereocenters. The van der Waals surface area contributed by atoms with Gasteiger partial charge in [-0.3, -0.25) is 14.8 Å². The summed E-state index contributed by atoms with van der Waals surface area (Å²) in [5.41, 5.74) is 3.33. The summed E-state index contributed by atoms with van der Waals surface area (Å²) in [5, 5.41) is 16.5. The number of nitro groups is 1. The molecule has 3 rings (SSSR count). The summed E-state index contributed by atoms with van der Waals surface area (Å²) in [6.45, 7) is 7.87. The number of aryl methyl sites for hydroxylation is 2. The summed E-state index contributed by atoms with van der Waals surface area (Å²) in [6.07, 6.45) is 0. The molecule has 0 aliphatic carbocycles. The lowest BCUT2D eigenvalue weighted by Crippen LogP contribution is -2.23. The molecule has 0 amide bonds. The fourth-order valence-electron chi connectivity index (χ4n) is 4.00. The molecule has 0 fully saturated rings. The molecule has 1 aromatic carbocycles. The lowest BCUT2D eigenvalue weighted by molar-refractivity contribution is -0.505. The van der Waals surface area contributed by atoms with E-state index in [4.69, 9.17) is 11.6 Å². The van der Waals surface area contributed by atoms with Crippen LogP contribution in [0.25, 0.3) is 0 Å². The van der Waals surface area contributed by atoms with Crippen LogP contribution in [0.15, 0.2) is 34.7 Å². The van der Waals surface area contributed by atoms with E-state index in [0.29, 0.717) is 22.8 Å². The molecule has 2 heterocycles. The molecule has 1 aromatic heterocycles. The monoisotopic (exact) mass is 423 g/mol. The number of rotatable bonds is 5. The zero-order valence-electron chi connectivity index (χ0n) is 16.1. The summed E-state index contributed by atoms with van der Waals surface area (Å²) in [7, 11) is -3.80. The van der Waals surface area contributed by atoms with Crippen molar-refractivity contribution in [2.24, 2.45) is 0 Å². The van der Waals surface area contributed by atoms with Gasteiger partial charge in [-0.1, -0.05) is 23.7 Å². The predicted molar refractivity (Wildman–Crippen MR) is 108 cm³/mol. The first-order valence-corrected chi connectivity index (χ1v) is 11.0. The minimum atomic E-state index is -3.80. The highest BCUT2D eigenvalue weighted by atomic mass is 35.5. The van der Waals surface area contributed by atoms with E-state index in [1.807, 2.05) is 25.5 Å². The fourth-order valence-corrected chi connectivity index (χ4v) is 6.33. The second-order valence-corrected chi connectivity index (χ2v) is 9.45. The van der Waals surface area contributed by atoms with Gasteiger partial charge < -0.3 is 0 Å². The van der Waals surface area contributed by atoms with Crippen molar-refractivity contribution in [2.45, 2.75) is 46.2 Å². The Morgan fingerprint density at radius 3 is 2.36 bits per heavy atom. The van der Waals surface area contributed by atoms with Crippen LogP contribution in [0.4, 0.5) is 0 Å². The van der Waals surface area contributed by atoms with E-state index in [1.54, 1.807) is 31.2 Å². The van der Waals surface area contributed by atoms with Crippen LogP contribution < -0.4 is 0 Å². The van der Waals surface area contributed by atoms with Crippen molar-refractivity contribution < 1.29 is 13.3 Å². The van der Waals surface area contributed by atoms with Crippen LogP contribution >= 0.6 is 11.6 Å². The standard InChI is InChI=1S/C19H22ClN3O4S/c1-5-22-13(4)17(12(3)21-22)18(14-6-8-15(20)9-7-14)19-11(2)16(23(24)25)10-28(19,26)27/h6-9,16,18H,5,10H2,1-4H3. The number of hydrogen-bond acceptors (Lipinski definition) is 5. The zero-order valence-corrected chi connectivity index (χ0v) is 17.7. The number of allylic oxidation sites excluding steroid dienone is 1. The summed E-state index contributed by atoms with van der Waals surface area (Å²) in [6, 6.07) is 5.70. The quantitative estimate of drug-likeness (QED) is 0.540. The first-order valence-electron chi connectivity index (χ1n) is 8.94. The second kappa shape index (κ2) is 7.33. The topological polar surface area (TPSA) is 95.1 Å². The van der Waals surface area contributed by atoms with Crippen molar-refractivity contribution in [3.05, 3.63) is 72.4 Å². The maximum Gasteiger partial charge on any atom is 0.249 e. The average Bonchev–Trinajstić information content (AvgIpc) is 3.04. The molecule has 0 spiro atoms. The normalized spacial score (nSPS) is 19.8. The third-order valence-electron chi connectivity index (χ3n) is 5.35. The van der Waals surface area contributed by atoms with Crippen molar-refractivity contribution in [1.82, 2.24) is 9.78 Å². The number of aromatic nitrogens is 2. The third-order valence-corrected chi connectivity index (χ3v) is 7.58. The molecule has 0 radical (unpaired) electrons. The molecule has 2 unspecified atom stereocenters. The fraction of sp³-hybridized carbons (Fsp3) is 0.421. The van der Waals surface area contributed by atoms with Crippen LogP contribution in [-0.2, 0) is 16.4 Å². The van der Waals surface area contributed by atoms with Crippen molar-refractivity contribution in [2.75, 3.05) is 5.75 Å². The third kappa shape index (κ3) is 3.35. The van der Waals surface area contributed by atoms with Gasteiger partial charge >= 0.3 is 0 Å². The van der Waals surface area contributed by atoms with Gasteiger partial charge in [-0.25, -0.2) is 8.42 Å². The molecule has 9 heteroatoms. The SMILES string of the molecule is CCn1nc(C)c(C(C2=C(C)C([N+](=O)[O-])CS2(=O)=O)c2ccc(Cl)cc2)c1C. The van der Waals surface area contributed by atoms with Gasteiger partial charge in [-0.05, 0) is 45.4 Å². The van der Waals surface area contributed by atoms with Gasteiger partial charge in [0, 0.05) is 39.2 Å². The summed E-state index contributed by atoms with van der Waals surface area (Å²) < 4.78 is 27.9. The zero-order chi connectivity index (χ0) is 20.8. The van der Waals surface area contributed by atoms with E-state index in [0.717, 1.165) is 11.3 Å². The van der Waals surface area contributed by atoms with Crippen molar-refractivity contribution in [1.29, 1.82) is 0 Å². The van der Waals surface area contributed by atoms with Gasteiger partial charge in [-0.2, -0.15) is 5.10 Å².